The van der Waals surface area contributed by atoms with E-state index in [9.17, 15) is 4.79 Å². The van der Waals surface area contributed by atoms with Crippen LogP contribution in [0, 0.1) is 0 Å². The van der Waals surface area contributed by atoms with Crippen LogP contribution in [-0.4, -0.2) is 59.1 Å². The normalized spacial score (nSPS) is 17.8. The van der Waals surface area contributed by atoms with Crippen molar-refractivity contribution in [2.24, 2.45) is 0 Å². The predicted molar refractivity (Wildman–Crippen MR) is 114 cm³/mol. The number of anilines is 1. The number of likely N-dealkylation sites (N-methyl/N-ethyl adjacent to an activating group) is 1. The molecule has 1 fully saturated rings. The summed E-state index contributed by atoms with van der Waals surface area (Å²) in [6.07, 6.45) is 15.2. The fourth-order valence-corrected chi connectivity index (χ4v) is 3.47. The first-order valence-electron chi connectivity index (χ1n) is 9.77. The first kappa shape index (κ1) is 19.1. The van der Waals surface area contributed by atoms with Gasteiger partial charge >= 0.3 is 0 Å². The van der Waals surface area contributed by atoms with Crippen LogP contribution in [0.25, 0.3) is 17.1 Å². The lowest BCUT2D eigenvalue weighted by atomic mass is 10.2. The molecule has 1 saturated heterocycles. The Labute approximate surface area is 170 Å². The Morgan fingerprint density at radius 2 is 2.00 bits per heavy atom. The van der Waals surface area contributed by atoms with Crippen LogP contribution in [0.4, 0.5) is 5.82 Å². The lowest BCUT2D eigenvalue weighted by Crippen LogP contribution is -2.32. The highest BCUT2D eigenvalue weighted by Gasteiger charge is 2.24. The number of imidazole rings is 1. The smallest absolute Gasteiger partial charge is 0.229 e. The molecule has 1 aliphatic heterocycles. The maximum Gasteiger partial charge on any atom is 0.229 e. The molecular formula is C22H25N5O2. The molecular weight excluding hydrogens is 366 g/mol. The van der Waals surface area contributed by atoms with Crippen LogP contribution in [0.3, 0.4) is 0 Å². The lowest BCUT2D eigenvalue weighted by Gasteiger charge is -2.17. The quantitative estimate of drug-likeness (QED) is 0.802. The molecule has 0 N–H and O–H groups in total. The van der Waals surface area contributed by atoms with Gasteiger partial charge in [-0.05, 0) is 19.2 Å². The van der Waals surface area contributed by atoms with Crippen LogP contribution in [0.5, 0.6) is 5.88 Å². The van der Waals surface area contributed by atoms with Crippen LogP contribution < -0.4 is 9.64 Å². The highest BCUT2D eigenvalue weighted by Crippen LogP contribution is 2.29. The van der Waals surface area contributed by atoms with E-state index >= 15 is 0 Å². The van der Waals surface area contributed by atoms with Crippen molar-refractivity contribution in [3.63, 3.8) is 0 Å². The fourth-order valence-electron chi connectivity index (χ4n) is 3.47. The summed E-state index contributed by atoms with van der Waals surface area (Å²) in [6.45, 7) is 2.23. The van der Waals surface area contributed by atoms with Gasteiger partial charge in [-0.3, -0.25) is 9.69 Å². The van der Waals surface area contributed by atoms with Crippen molar-refractivity contribution in [3.8, 4) is 17.3 Å². The second kappa shape index (κ2) is 8.45. The summed E-state index contributed by atoms with van der Waals surface area (Å²) in [5, 5.41) is 0. The highest BCUT2D eigenvalue weighted by molar-refractivity contribution is 5.93. The summed E-state index contributed by atoms with van der Waals surface area (Å²) in [5.41, 5.74) is 1.95. The molecule has 3 heterocycles. The van der Waals surface area contributed by atoms with E-state index in [2.05, 4.69) is 26.6 Å². The van der Waals surface area contributed by atoms with Gasteiger partial charge in [0, 0.05) is 56.0 Å². The number of amides is 1. The Kier molecular flexibility index (Phi) is 5.57. The molecule has 2 aliphatic rings. The molecule has 1 amide bonds. The molecule has 0 bridgehead atoms. The summed E-state index contributed by atoms with van der Waals surface area (Å²) in [4.78, 5) is 25.9. The topological polar surface area (TPSA) is 63.5 Å². The minimum Gasteiger partial charge on any atom is -0.481 e. The summed E-state index contributed by atoms with van der Waals surface area (Å²) < 4.78 is 7.24. The molecule has 0 aromatic carbocycles. The van der Waals surface area contributed by atoms with Crippen molar-refractivity contribution in [2.45, 2.75) is 12.8 Å². The first-order chi connectivity index (χ1) is 14.2. The van der Waals surface area contributed by atoms with E-state index in [-0.39, 0.29) is 5.91 Å². The van der Waals surface area contributed by atoms with E-state index in [1.807, 2.05) is 43.6 Å². The monoisotopic (exact) mass is 391 g/mol. The molecule has 0 unspecified atom stereocenters. The van der Waals surface area contributed by atoms with Gasteiger partial charge in [-0.25, -0.2) is 9.97 Å². The van der Waals surface area contributed by atoms with Gasteiger partial charge in [0.2, 0.25) is 11.8 Å². The van der Waals surface area contributed by atoms with Crippen molar-refractivity contribution >= 4 is 17.4 Å². The van der Waals surface area contributed by atoms with Crippen LogP contribution in [0.2, 0.25) is 0 Å². The highest BCUT2D eigenvalue weighted by atomic mass is 16.5. The Bertz CT molecular complexity index is 972. The second-order valence-electron chi connectivity index (χ2n) is 7.16. The summed E-state index contributed by atoms with van der Waals surface area (Å²) >= 11 is 0. The Morgan fingerprint density at radius 3 is 2.79 bits per heavy atom. The van der Waals surface area contributed by atoms with Gasteiger partial charge < -0.3 is 14.2 Å². The fraction of sp³-hybridized carbons (Fsp3) is 0.318. The zero-order valence-corrected chi connectivity index (χ0v) is 16.8. The number of hydrogen-bond donors (Lipinski definition) is 0. The Balaban J connectivity index is 1.77. The van der Waals surface area contributed by atoms with Crippen molar-refractivity contribution in [3.05, 3.63) is 54.9 Å². The van der Waals surface area contributed by atoms with E-state index < -0.39 is 0 Å². The van der Waals surface area contributed by atoms with Crippen LogP contribution in [0.1, 0.15) is 12.8 Å². The number of allylic oxidation sites excluding steroid dienone is 6. The third-order valence-electron chi connectivity index (χ3n) is 5.17. The molecule has 2 aromatic heterocycles. The number of carbonyl (C=O) groups is 1. The number of aromatic nitrogens is 3. The predicted octanol–water partition coefficient (Wildman–Crippen LogP) is 2.98. The van der Waals surface area contributed by atoms with Gasteiger partial charge in [-0.2, -0.15) is 0 Å². The molecule has 0 spiro atoms. The molecule has 29 heavy (non-hydrogen) atoms. The van der Waals surface area contributed by atoms with Crippen molar-refractivity contribution < 1.29 is 9.53 Å². The number of methoxy groups -OCH3 is 1. The van der Waals surface area contributed by atoms with Gasteiger partial charge in [0.25, 0.3) is 0 Å². The maximum atomic E-state index is 12.7. The number of carbonyl (C=O) groups excluding carboxylic acids is 1. The largest absolute Gasteiger partial charge is 0.481 e. The minimum atomic E-state index is 0.105. The molecule has 0 saturated carbocycles. The van der Waals surface area contributed by atoms with Crippen LogP contribution in [-0.2, 0) is 4.79 Å². The minimum absolute atomic E-state index is 0.105. The zero-order valence-electron chi connectivity index (χ0n) is 16.8. The standard InChI is InChI=1S/C22H25N5O2/c1-25-12-11-21(28)26(14-13-25)19-16-27(18-7-5-3-4-6-8-18)22(24-19)17-9-10-20(29-2)23-15-17/h3-7,9-10,15-16H,8,11-14H2,1-2H3. The van der Waals surface area contributed by atoms with Crippen molar-refractivity contribution in [2.75, 3.05) is 38.7 Å². The molecule has 0 atom stereocenters. The molecule has 1 aliphatic carbocycles. The number of ether oxygens (including phenoxy) is 1. The third kappa shape index (κ3) is 4.14. The number of nitrogens with zero attached hydrogens (tertiary/aromatic N) is 5. The molecule has 4 rings (SSSR count). The van der Waals surface area contributed by atoms with Crippen molar-refractivity contribution in [1.82, 2.24) is 19.4 Å². The number of hydrogen-bond acceptors (Lipinski definition) is 5. The lowest BCUT2D eigenvalue weighted by molar-refractivity contribution is -0.118. The Morgan fingerprint density at radius 1 is 1.10 bits per heavy atom. The maximum absolute atomic E-state index is 12.7. The first-order valence-corrected chi connectivity index (χ1v) is 9.77. The van der Waals surface area contributed by atoms with Gasteiger partial charge in [0.1, 0.15) is 5.82 Å². The zero-order chi connectivity index (χ0) is 20.2. The van der Waals surface area contributed by atoms with Crippen molar-refractivity contribution in [1.29, 1.82) is 0 Å². The van der Waals surface area contributed by atoms with Gasteiger partial charge in [0.15, 0.2) is 5.82 Å². The van der Waals surface area contributed by atoms with E-state index in [0.29, 0.717) is 24.7 Å². The van der Waals surface area contributed by atoms with E-state index in [1.54, 1.807) is 18.2 Å². The number of rotatable bonds is 4. The average Bonchev–Trinajstić information content (AvgIpc) is 2.89. The van der Waals surface area contributed by atoms with E-state index in [1.165, 1.54) is 0 Å². The van der Waals surface area contributed by atoms with Gasteiger partial charge in [0.05, 0.1) is 13.3 Å². The van der Waals surface area contributed by atoms with E-state index in [0.717, 1.165) is 36.6 Å². The van der Waals surface area contributed by atoms with Gasteiger partial charge in [-0.15, -0.1) is 0 Å². The molecule has 2 aromatic rings. The summed E-state index contributed by atoms with van der Waals surface area (Å²) in [7, 11) is 3.64. The third-order valence-corrected chi connectivity index (χ3v) is 5.17. The molecule has 0 radical (unpaired) electrons. The summed E-state index contributed by atoms with van der Waals surface area (Å²) in [5.74, 6) is 2.09. The van der Waals surface area contributed by atoms with E-state index in [4.69, 9.17) is 9.72 Å². The van der Waals surface area contributed by atoms with Gasteiger partial charge in [-0.1, -0.05) is 24.3 Å². The molecule has 7 heteroatoms. The second-order valence-corrected chi connectivity index (χ2v) is 7.16. The summed E-state index contributed by atoms with van der Waals surface area (Å²) in [6, 6.07) is 3.76. The molecule has 150 valence electrons. The van der Waals surface area contributed by atoms with Crippen LogP contribution >= 0.6 is 0 Å². The SMILES string of the molecule is COc1ccc(-c2nc(N3CCN(C)CCC3=O)cn2C2=CC=CC=CC2)cn1. The molecule has 7 nitrogen and oxygen atoms in total. The Hall–Kier alpha value is -3.19. The van der Waals surface area contributed by atoms with Crippen LogP contribution in [0.15, 0.2) is 54.9 Å². The number of pyridine rings is 1. The average molecular weight is 391 g/mol.